The topological polar surface area (TPSA) is 125 Å². The fourth-order valence-electron chi connectivity index (χ4n) is 1.49. The lowest BCUT2D eigenvalue weighted by Crippen LogP contribution is -2.30. The standard InChI is InChI=1S/C11H15N3O4S2/c12-10(19)9-4-2-1-3-8(9)7-20(16,17)14-5-6-18-11(13)15/h1-4,14H,5-7H2,(H2,12,19)(H2,13,15). The number of sulfonamides is 1. The third kappa shape index (κ3) is 5.51. The first-order chi connectivity index (χ1) is 9.32. The monoisotopic (exact) mass is 317 g/mol. The quantitative estimate of drug-likeness (QED) is 0.474. The van der Waals surface area contributed by atoms with Crippen molar-refractivity contribution in [3.63, 3.8) is 0 Å². The average Bonchev–Trinajstić information content (AvgIpc) is 2.34. The first kappa shape index (κ1) is 16.3. The number of ether oxygens (including phenoxy) is 1. The Morgan fingerprint density at radius 2 is 1.95 bits per heavy atom. The summed E-state index contributed by atoms with van der Waals surface area (Å²) >= 11 is 4.86. The Labute approximate surface area is 122 Å². The van der Waals surface area contributed by atoms with E-state index in [1.165, 1.54) is 0 Å². The van der Waals surface area contributed by atoms with Crippen LogP contribution in [0, 0.1) is 0 Å². The van der Waals surface area contributed by atoms with E-state index in [-0.39, 0.29) is 23.9 Å². The van der Waals surface area contributed by atoms with E-state index >= 15 is 0 Å². The lowest BCUT2D eigenvalue weighted by molar-refractivity contribution is 0.159. The van der Waals surface area contributed by atoms with Gasteiger partial charge in [-0.3, -0.25) is 0 Å². The molecule has 0 aliphatic rings. The molecule has 5 N–H and O–H groups in total. The van der Waals surface area contributed by atoms with Crippen LogP contribution in [0.3, 0.4) is 0 Å². The maximum atomic E-state index is 11.9. The first-order valence-electron chi connectivity index (χ1n) is 5.59. The van der Waals surface area contributed by atoms with Gasteiger partial charge in [0.1, 0.15) is 11.6 Å². The molecule has 1 aromatic rings. The van der Waals surface area contributed by atoms with E-state index in [2.05, 4.69) is 9.46 Å². The summed E-state index contributed by atoms with van der Waals surface area (Å²) in [4.78, 5) is 10.5. The molecule has 0 heterocycles. The molecule has 0 spiro atoms. The van der Waals surface area contributed by atoms with Crippen LogP contribution >= 0.6 is 12.2 Å². The number of carbonyl (C=O) groups excluding carboxylic acids is 1. The van der Waals surface area contributed by atoms with Gasteiger partial charge < -0.3 is 16.2 Å². The van der Waals surface area contributed by atoms with Crippen molar-refractivity contribution < 1.29 is 17.9 Å². The highest BCUT2D eigenvalue weighted by molar-refractivity contribution is 7.88. The van der Waals surface area contributed by atoms with Gasteiger partial charge in [0, 0.05) is 12.1 Å². The molecular weight excluding hydrogens is 302 g/mol. The van der Waals surface area contributed by atoms with Crippen LogP contribution in [-0.4, -0.2) is 32.7 Å². The van der Waals surface area contributed by atoms with Crippen molar-refractivity contribution >= 4 is 33.3 Å². The van der Waals surface area contributed by atoms with Crippen LogP contribution in [0.15, 0.2) is 24.3 Å². The Balaban J connectivity index is 2.67. The normalized spacial score (nSPS) is 11.0. The molecule has 0 aliphatic carbocycles. The Morgan fingerprint density at radius 3 is 2.55 bits per heavy atom. The number of nitrogens with one attached hydrogen (secondary N) is 1. The molecule has 0 fully saturated rings. The van der Waals surface area contributed by atoms with Crippen molar-refractivity contribution in [1.29, 1.82) is 0 Å². The van der Waals surface area contributed by atoms with Gasteiger partial charge in [0.25, 0.3) is 0 Å². The summed E-state index contributed by atoms with van der Waals surface area (Å²) in [5.74, 6) is -0.267. The van der Waals surface area contributed by atoms with Crippen LogP contribution in [0.1, 0.15) is 11.1 Å². The van der Waals surface area contributed by atoms with Gasteiger partial charge in [-0.15, -0.1) is 0 Å². The fourth-order valence-corrected chi connectivity index (χ4v) is 2.85. The summed E-state index contributed by atoms with van der Waals surface area (Å²) in [7, 11) is -3.59. The summed E-state index contributed by atoms with van der Waals surface area (Å²) < 4.78 is 30.4. The number of amides is 1. The maximum Gasteiger partial charge on any atom is 0.404 e. The average molecular weight is 317 g/mol. The smallest absolute Gasteiger partial charge is 0.404 e. The molecule has 9 heteroatoms. The largest absolute Gasteiger partial charge is 0.448 e. The van der Waals surface area contributed by atoms with Crippen molar-refractivity contribution in [2.24, 2.45) is 11.5 Å². The predicted molar refractivity (Wildman–Crippen MR) is 78.5 cm³/mol. The molecule has 0 bridgehead atoms. The number of carbonyl (C=O) groups is 1. The zero-order chi connectivity index (χ0) is 15.2. The number of nitrogens with two attached hydrogens (primary N) is 2. The molecule has 0 atom stereocenters. The zero-order valence-corrected chi connectivity index (χ0v) is 12.2. The van der Waals surface area contributed by atoms with Crippen molar-refractivity contribution in [2.45, 2.75) is 5.75 Å². The Kier molecular flexibility index (Phi) is 5.86. The van der Waals surface area contributed by atoms with E-state index in [0.717, 1.165) is 0 Å². The highest BCUT2D eigenvalue weighted by atomic mass is 32.2. The number of hydrogen-bond acceptors (Lipinski definition) is 5. The molecule has 0 unspecified atom stereocenters. The molecular formula is C11H15N3O4S2. The molecule has 20 heavy (non-hydrogen) atoms. The third-order valence-corrected chi connectivity index (χ3v) is 3.85. The molecule has 1 rings (SSSR count). The summed E-state index contributed by atoms with van der Waals surface area (Å²) in [5.41, 5.74) is 11.3. The van der Waals surface area contributed by atoms with E-state index in [0.29, 0.717) is 11.1 Å². The van der Waals surface area contributed by atoms with Crippen LogP contribution in [0.5, 0.6) is 0 Å². The Morgan fingerprint density at radius 1 is 1.30 bits per heavy atom. The SMILES string of the molecule is NC(=O)OCCNS(=O)(=O)Cc1ccccc1C(N)=S. The third-order valence-electron chi connectivity index (χ3n) is 2.30. The van der Waals surface area contributed by atoms with Crippen LogP contribution < -0.4 is 16.2 Å². The second kappa shape index (κ2) is 7.17. The zero-order valence-electron chi connectivity index (χ0n) is 10.5. The molecule has 0 saturated carbocycles. The lowest BCUT2D eigenvalue weighted by Gasteiger charge is -2.10. The van der Waals surface area contributed by atoms with E-state index in [1.807, 2.05) is 0 Å². The van der Waals surface area contributed by atoms with Gasteiger partial charge in [-0.05, 0) is 5.56 Å². The predicted octanol–water partition coefficient (Wildman–Crippen LogP) is -0.164. The molecule has 0 saturated heterocycles. The van der Waals surface area contributed by atoms with Crippen molar-refractivity contribution in [2.75, 3.05) is 13.2 Å². The van der Waals surface area contributed by atoms with Gasteiger partial charge in [0.05, 0.1) is 5.75 Å². The van der Waals surface area contributed by atoms with Gasteiger partial charge in [0.15, 0.2) is 0 Å². The van der Waals surface area contributed by atoms with Crippen molar-refractivity contribution in [1.82, 2.24) is 4.72 Å². The molecule has 1 amide bonds. The molecule has 0 aromatic heterocycles. The molecule has 0 aliphatic heterocycles. The minimum absolute atomic E-state index is 0.0550. The lowest BCUT2D eigenvalue weighted by atomic mass is 10.1. The first-order valence-corrected chi connectivity index (χ1v) is 7.65. The minimum atomic E-state index is -3.59. The van der Waals surface area contributed by atoms with Gasteiger partial charge in [-0.2, -0.15) is 0 Å². The second-order valence-corrected chi connectivity index (χ2v) is 6.09. The van der Waals surface area contributed by atoms with Crippen LogP contribution in [-0.2, 0) is 20.5 Å². The van der Waals surface area contributed by atoms with Crippen molar-refractivity contribution in [3.8, 4) is 0 Å². The van der Waals surface area contributed by atoms with Crippen LogP contribution in [0.2, 0.25) is 0 Å². The van der Waals surface area contributed by atoms with Gasteiger partial charge in [-0.25, -0.2) is 17.9 Å². The fraction of sp³-hybridized carbons (Fsp3) is 0.273. The summed E-state index contributed by atoms with van der Waals surface area (Å²) in [6, 6.07) is 6.71. The van der Waals surface area contributed by atoms with Crippen LogP contribution in [0.25, 0.3) is 0 Å². The Hall–Kier alpha value is -1.71. The Bertz CT molecular complexity index is 601. The van der Waals surface area contributed by atoms with Crippen LogP contribution in [0.4, 0.5) is 4.79 Å². The summed E-state index contributed by atoms with van der Waals surface area (Å²) in [6.07, 6.45) is -0.956. The number of thiocarbonyl (C=S) groups is 1. The highest BCUT2D eigenvalue weighted by Crippen LogP contribution is 2.11. The molecule has 1 aromatic carbocycles. The molecule has 0 radical (unpaired) electrons. The van der Waals surface area contributed by atoms with E-state index < -0.39 is 16.1 Å². The number of hydrogen-bond donors (Lipinski definition) is 3. The number of primary amides is 1. The van der Waals surface area contributed by atoms with Gasteiger partial charge in [0.2, 0.25) is 10.0 Å². The van der Waals surface area contributed by atoms with Crippen molar-refractivity contribution in [3.05, 3.63) is 35.4 Å². The number of benzene rings is 1. The van der Waals surface area contributed by atoms with Gasteiger partial charge >= 0.3 is 6.09 Å². The van der Waals surface area contributed by atoms with Gasteiger partial charge in [-0.1, -0.05) is 36.5 Å². The summed E-state index contributed by atoms with van der Waals surface area (Å²) in [6.45, 7) is -0.188. The van der Waals surface area contributed by atoms with E-state index in [9.17, 15) is 13.2 Å². The molecule has 110 valence electrons. The minimum Gasteiger partial charge on any atom is -0.448 e. The van der Waals surface area contributed by atoms with E-state index in [1.54, 1.807) is 24.3 Å². The summed E-state index contributed by atoms with van der Waals surface area (Å²) in [5, 5.41) is 0. The highest BCUT2D eigenvalue weighted by Gasteiger charge is 2.14. The molecule has 7 nitrogen and oxygen atoms in total. The maximum absolute atomic E-state index is 11.9. The second-order valence-electron chi connectivity index (χ2n) is 3.84. The van der Waals surface area contributed by atoms with E-state index in [4.69, 9.17) is 23.7 Å². The number of rotatable bonds is 7.